The number of rotatable bonds is 5. The summed E-state index contributed by atoms with van der Waals surface area (Å²) < 4.78 is 30.5. The van der Waals surface area contributed by atoms with Crippen LogP contribution in [0.5, 0.6) is 5.75 Å². The van der Waals surface area contributed by atoms with E-state index in [1.807, 2.05) is 6.08 Å². The Kier molecular flexibility index (Phi) is 7.18. The number of nitrogens with one attached hydrogen (secondary N) is 2. The lowest BCUT2D eigenvalue weighted by Gasteiger charge is -2.20. The molecule has 5 nitrogen and oxygen atoms in total. The lowest BCUT2D eigenvalue weighted by atomic mass is 9.97. The van der Waals surface area contributed by atoms with Gasteiger partial charge >= 0.3 is 12.1 Å². The summed E-state index contributed by atoms with van der Waals surface area (Å²) in [6, 6.07) is 5.19. The fraction of sp³-hybridized carbons (Fsp3) is 0.381. The van der Waals surface area contributed by atoms with Gasteiger partial charge in [0.15, 0.2) is 0 Å². The van der Waals surface area contributed by atoms with Crippen molar-refractivity contribution in [1.82, 2.24) is 5.32 Å². The van der Waals surface area contributed by atoms with Crippen molar-refractivity contribution in [2.75, 3.05) is 5.32 Å². The minimum absolute atomic E-state index is 0.0648. The highest BCUT2D eigenvalue weighted by Gasteiger charge is 2.24. The van der Waals surface area contributed by atoms with Gasteiger partial charge in [-0.2, -0.15) is 8.78 Å². The Morgan fingerprint density at radius 2 is 2.21 bits per heavy atom. The molecule has 150 valence electrons. The molecule has 0 aromatic heterocycles. The van der Waals surface area contributed by atoms with Crippen LogP contribution in [0.2, 0.25) is 0 Å². The van der Waals surface area contributed by atoms with Crippen molar-refractivity contribution in [2.24, 2.45) is 5.92 Å². The Morgan fingerprint density at radius 3 is 2.86 bits per heavy atom. The van der Waals surface area contributed by atoms with Gasteiger partial charge in [0.25, 0.3) is 0 Å². The number of ether oxygens (including phenoxy) is 1. The Hall–Kier alpha value is -2.85. The van der Waals surface area contributed by atoms with Gasteiger partial charge < -0.3 is 20.5 Å². The van der Waals surface area contributed by atoms with Crippen LogP contribution in [0.15, 0.2) is 47.7 Å². The van der Waals surface area contributed by atoms with E-state index in [2.05, 4.69) is 21.3 Å². The van der Waals surface area contributed by atoms with E-state index in [1.54, 1.807) is 19.1 Å². The molecule has 0 bridgehead atoms. The number of halogens is 2. The number of carbonyl (C=O) groups is 1. The van der Waals surface area contributed by atoms with Crippen molar-refractivity contribution in [2.45, 2.75) is 45.3 Å². The highest BCUT2D eigenvalue weighted by molar-refractivity contribution is 5.90. The zero-order chi connectivity index (χ0) is 20.7. The quantitative estimate of drug-likeness (QED) is 0.652. The van der Waals surface area contributed by atoms with Crippen molar-refractivity contribution in [1.29, 1.82) is 0 Å². The fourth-order valence-electron chi connectivity index (χ4n) is 2.98. The lowest BCUT2D eigenvalue weighted by molar-refractivity contribution is -0.158. The second-order valence-electron chi connectivity index (χ2n) is 6.63. The van der Waals surface area contributed by atoms with E-state index in [-0.39, 0.29) is 11.7 Å². The third kappa shape index (κ3) is 6.71. The summed E-state index contributed by atoms with van der Waals surface area (Å²) in [5.41, 5.74) is 1.68. The summed E-state index contributed by atoms with van der Waals surface area (Å²) in [6.07, 6.45) is 6.92. The normalized spacial score (nSPS) is 20.4. The van der Waals surface area contributed by atoms with E-state index in [0.29, 0.717) is 37.6 Å². The van der Waals surface area contributed by atoms with Crippen LogP contribution >= 0.6 is 0 Å². The minimum Gasteiger partial charge on any atom is -0.433 e. The summed E-state index contributed by atoms with van der Waals surface area (Å²) >= 11 is 0. The highest BCUT2D eigenvalue weighted by atomic mass is 19.3. The maximum atomic E-state index is 13.0. The molecule has 28 heavy (non-hydrogen) atoms. The molecule has 2 amide bonds. The van der Waals surface area contributed by atoms with Gasteiger partial charge in [0, 0.05) is 30.3 Å². The van der Waals surface area contributed by atoms with E-state index in [9.17, 15) is 18.7 Å². The summed E-state index contributed by atoms with van der Waals surface area (Å²) in [5.74, 6) is 2.32. The summed E-state index contributed by atoms with van der Waals surface area (Å²) in [5, 5.41) is 15.4. The van der Waals surface area contributed by atoms with Crippen LogP contribution in [0.3, 0.4) is 0 Å². The second kappa shape index (κ2) is 9.38. The fourth-order valence-corrected chi connectivity index (χ4v) is 2.98. The Morgan fingerprint density at radius 1 is 1.46 bits per heavy atom. The van der Waals surface area contributed by atoms with Gasteiger partial charge in [-0.05, 0) is 43.9 Å². The molecule has 0 spiro atoms. The van der Waals surface area contributed by atoms with E-state index in [4.69, 9.17) is 6.42 Å². The molecule has 0 fully saturated rings. The van der Waals surface area contributed by atoms with Gasteiger partial charge in [-0.1, -0.05) is 24.1 Å². The second-order valence-corrected chi connectivity index (χ2v) is 6.63. The first-order valence-corrected chi connectivity index (χ1v) is 8.96. The van der Waals surface area contributed by atoms with E-state index < -0.39 is 18.2 Å². The maximum absolute atomic E-state index is 13.0. The first-order chi connectivity index (χ1) is 13.2. The molecule has 1 aromatic carbocycles. The largest absolute Gasteiger partial charge is 0.433 e. The van der Waals surface area contributed by atoms with Crippen LogP contribution in [0.4, 0.5) is 19.3 Å². The van der Waals surface area contributed by atoms with Crippen molar-refractivity contribution in [3.05, 3.63) is 47.7 Å². The standard InChI is InChI=1S/C21H24F2N2O3/c1-4-14-9-10-17(26)12-15(11-14)19(5-2)25-20(27)24-16-7-6-8-18(13-16)28-21(3,22)23/h1,5-8,11,13,15,17,26H,9-10,12H2,2-3H3,(H2,24,25,27)/b19-5+. The monoisotopic (exact) mass is 390 g/mol. The van der Waals surface area contributed by atoms with E-state index in [0.717, 1.165) is 5.57 Å². The predicted octanol–water partition coefficient (Wildman–Crippen LogP) is 4.42. The molecule has 0 saturated carbocycles. The predicted molar refractivity (Wildman–Crippen MR) is 104 cm³/mol. The molecule has 0 radical (unpaired) electrons. The van der Waals surface area contributed by atoms with Gasteiger partial charge in [-0.25, -0.2) is 4.79 Å². The molecule has 2 atom stereocenters. The van der Waals surface area contributed by atoms with E-state index >= 15 is 0 Å². The smallest absolute Gasteiger partial charge is 0.394 e. The third-order valence-corrected chi connectivity index (χ3v) is 4.22. The van der Waals surface area contributed by atoms with Crippen LogP contribution in [0.1, 0.15) is 33.1 Å². The van der Waals surface area contributed by atoms with Gasteiger partial charge in [0.05, 0.1) is 6.10 Å². The number of aliphatic hydroxyl groups is 1. The SMILES string of the molecule is C#CC1=CC(/C(=C\C)NC(=O)Nc2cccc(OC(C)(F)F)c2)CC(O)CC1. The Balaban J connectivity index is 2.07. The molecule has 1 aromatic rings. The molecule has 2 rings (SSSR count). The number of alkyl halides is 2. The molecular weight excluding hydrogens is 366 g/mol. The van der Waals surface area contributed by atoms with Gasteiger partial charge in [-0.15, -0.1) is 6.42 Å². The van der Waals surface area contributed by atoms with Gasteiger partial charge in [0.2, 0.25) is 0 Å². The number of hydrogen-bond acceptors (Lipinski definition) is 3. The maximum Gasteiger partial charge on any atom is 0.394 e. The molecule has 1 aliphatic rings. The van der Waals surface area contributed by atoms with Crippen LogP contribution in [-0.4, -0.2) is 23.4 Å². The Bertz CT molecular complexity index is 807. The molecule has 3 N–H and O–H groups in total. The highest BCUT2D eigenvalue weighted by Crippen LogP contribution is 2.27. The average Bonchev–Trinajstić information content (AvgIpc) is 2.79. The van der Waals surface area contributed by atoms with Crippen LogP contribution < -0.4 is 15.4 Å². The van der Waals surface area contributed by atoms with Crippen LogP contribution in [0, 0.1) is 18.3 Å². The number of amides is 2. The molecule has 1 aliphatic carbocycles. The first-order valence-electron chi connectivity index (χ1n) is 8.96. The average molecular weight is 390 g/mol. The summed E-state index contributed by atoms with van der Waals surface area (Å²) in [6.45, 7) is 2.41. The van der Waals surface area contributed by atoms with Crippen LogP contribution in [-0.2, 0) is 0 Å². The Labute approximate surface area is 163 Å². The number of anilines is 1. The van der Waals surface area contributed by atoms with Gasteiger partial charge in [0.1, 0.15) is 5.75 Å². The lowest BCUT2D eigenvalue weighted by Crippen LogP contribution is -2.31. The van der Waals surface area contributed by atoms with Crippen LogP contribution in [0.25, 0.3) is 0 Å². The first kappa shape index (κ1) is 21.5. The van der Waals surface area contributed by atoms with E-state index in [1.165, 1.54) is 18.2 Å². The topological polar surface area (TPSA) is 70.6 Å². The minimum atomic E-state index is -3.32. The number of hydrogen-bond donors (Lipinski definition) is 3. The molecule has 2 unspecified atom stereocenters. The molecule has 0 saturated heterocycles. The van der Waals surface area contributed by atoms with Crippen molar-refractivity contribution in [3.8, 4) is 18.1 Å². The van der Waals surface area contributed by atoms with Crippen molar-refractivity contribution >= 4 is 11.7 Å². The van der Waals surface area contributed by atoms with Crippen molar-refractivity contribution in [3.63, 3.8) is 0 Å². The number of benzene rings is 1. The number of terminal acetylenes is 1. The number of carbonyl (C=O) groups excluding carboxylic acids is 1. The number of urea groups is 1. The summed E-state index contributed by atoms with van der Waals surface area (Å²) in [7, 11) is 0. The third-order valence-electron chi connectivity index (χ3n) is 4.22. The molecule has 0 heterocycles. The molecular formula is C21H24F2N2O3. The number of allylic oxidation sites excluding steroid dienone is 3. The molecule has 7 heteroatoms. The molecule has 0 aliphatic heterocycles. The van der Waals surface area contributed by atoms with Gasteiger partial charge in [-0.3, -0.25) is 0 Å². The van der Waals surface area contributed by atoms with Crippen molar-refractivity contribution < 1.29 is 23.4 Å². The zero-order valence-corrected chi connectivity index (χ0v) is 15.8. The zero-order valence-electron chi connectivity index (χ0n) is 15.8. The number of aliphatic hydroxyl groups excluding tert-OH is 1. The summed E-state index contributed by atoms with van der Waals surface area (Å²) in [4.78, 5) is 12.4.